The summed E-state index contributed by atoms with van der Waals surface area (Å²) >= 11 is 6.17. The lowest BCUT2D eigenvalue weighted by molar-refractivity contribution is 0.489. The first kappa shape index (κ1) is 12.9. The number of rotatable bonds is 2. The molecule has 2 nitrogen and oxygen atoms in total. The van der Waals surface area contributed by atoms with Crippen LogP contribution in [0.25, 0.3) is 0 Å². The van der Waals surface area contributed by atoms with Gasteiger partial charge in [0.25, 0.3) is 0 Å². The fraction of sp³-hybridized carbons (Fsp3) is 0.538. The largest absolute Gasteiger partial charge is 0.223 e. The van der Waals surface area contributed by atoms with Gasteiger partial charge in [-0.15, -0.1) is 11.6 Å². The summed E-state index contributed by atoms with van der Waals surface area (Å²) in [5.41, 5.74) is 1.06. The molecular formula is C13H17ClO2S. The summed E-state index contributed by atoms with van der Waals surface area (Å²) < 4.78 is 24.8. The van der Waals surface area contributed by atoms with E-state index in [1.54, 1.807) is 12.1 Å². The Kier molecular flexibility index (Phi) is 3.79. The van der Waals surface area contributed by atoms with Crippen molar-refractivity contribution in [1.29, 1.82) is 0 Å². The van der Waals surface area contributed by atoms with Crippen LogP contribution in [0.2, 0.25) is 0 Å². The van der Waals surface area contributed by atoms with Gasteiger partial charge in [-0.05, 0) is 31.9 Å². The van der Waals surface area contributed by atoms with Crippen LogP contribution in [0.5, 0.6) is 0 Å². The predicted octanol–water partition coefficient (Wildman–Crippen LogP) is 3.32. The molecule has 17 heavy (non-hydrogen) atoms. The molecule has 0 unspecified atom stereocenters. The highest BCUT2D eigenvalue weighted by Crippen LogP contribution is 2.32. The molecule has 0 heterocycles. The Bertz CT molecular complexity index is 479. The predicted molar refractivity (Wildman–Crippen MR) is 70.3 cm³/mol. The standard InChI is InChI=1S/C13H17ClO2S/c1-10-6-8-11(9-7-10)17(15,16)13-5-3-2-4-12(13)14/h6-9,12-13H,2-5H2,1H3/t12-,13+/m1/s1. The van der Waals surface area contributed by atoms with Crippen molar-refractivity contribution >= 4 is 21.4 Å². The highest BCUT2D eigenvalue weighted by molar-refractivity contribution is 7.92. The van der Waals surface area contributed by atoms with Crippen LogP contribution in [0.15, 0.2) is 29.2 Å². The van der Waals surface area contributed by atoms with Gasteiger partial charge in [0.1, 0.15) is 0 Å². The molecule has 2 rings (SSSR count). The van der Waals surface area contributed by atoms with Gasteiger partial charge < -0.3 is 0 Å². The van der Waals surface area contributed by atoms with E-state index in [-0.39, 0.29) is 5.38 Å². The molecule has 1 saturated carbocycles. The summed E-state index contributed by atoms with van der Waals surface area (Å²) in [4.78, 5) is 0.403. The summed E-state index contributed by atoms with van der Waals surface area (Å²) in [6.45, 7) is 1.95. The monoisotopic (exact) mass is 272 g/mol. The molecule has 0 bridgehead atoms. The fourth-order valence-electron chi connectivity index (χ4n) is 2.30. The molecule has 1 aromatic rings. The first-order valence-corrected chi connectivity index (χ1v) is 7.95. The van der Waals surface area contributed by atoms with Crippen molar-refractivity contribution in [2.45, 2.75) is 48.1 Å². The van der Waals surface area contributed by atoms with Crippen LogP contribution < -0.4 is 0 Å². The normalized spacial score (nSPS) is 25.8. The lowest BCUT2D eigenvalue weighted by atomic mass is 10.00. The Morgan fingerprint density at radius 1 is 1.12 bits per heavy atom. The number of sulfone groups is 1. The topological polar surface area (TPSA) is 34.1 Å². The van der Waals surface area contributed by atoms with Gasteiger partial charge in [-0.2, -0.15) is 0 Å². The van der Waals surface area contributed by atoms with E-state index in [9.17, 15) is 8.42 Å². The van der Waals surface area contributed by atoms with Crippen molar-refractivity contribution in [3.05, 3.63) is 29.8 Å². The van der Waals surface area contributed by atoms with Crippen molar-refractivity contribution in [1.82, 2.24) is 0 Å². The second-order valence-corrected chi connectivity index (χ2v) is 7.42. The Morgan fingerprint density at radius 3 is 2.29 bits per heavy atom. The third kappa shape index (κ3) is 2.66. The molecule has 1 aliphatic rings. The van der Waals surface area contributed by atoms with Crippen molar-refractivity contribution < 1.29 is 8.42 Å². The van der Waals surface area contributed by atoms with E-state index in [1.165, 1.54) is 0 Å². The number of hydrogen-bond donors (Lipinski definition) is 0. The van der Waals surface area contributed by atoms with E-state index >= 15 is 0 Å². The van der Waals surface area contributed by atoms with Gasteiger partial charge in [0, 0.05) is 0 Å². The lowest BCUT2D eigenvalue weighted by Gasteiger charge is -2.26. The SMILES string of the molecule is Cc1ccc(S(=O)(=O)[C@H]2CCCC[C@H]2Cl)cc1. The molecule has 4 heteroatoms. The van der Waals surface area contributed by atoms with Gasteiger partial charge in [0.05, 0.1) is 15.5 Å². The van der Waals surface area contributed by atoms with Crippen molar-refractivity contribution in [3.8, 4) is 0 Å². The Balaban J connectivity index is 2.32. The van der Waals surface area contributed by atoms with Gasteiger partial charge in [-0.25, -0.2) is 8.42 Å². The Hall–Kier alpha value is -0.540. The summed E-state index contributed by atoms with van der Waals surface area (Å²) in [7, 11) is -3.26. The number of halogens is 1. The quantitative estimate of drug-likeness (QED) is 0.774. The highest BCUT2D eigenvalue weighted by Gasteiger charge is 2.35. The average molecular weight is 273 g/mol. The summed E-state index contributed by atoms with van der Waals surface area (Å²) in [6, 6.07) is 7.03. The third-order valence-corrected chi connectivity index (χ3v) is 6.33. The fourth-order valence-corrected chi connectivity index (χ4v) is 4.86. The second kappa shape index (κ2) is 4.99. The molecule has 0 saturated heterocycles. The molecule has 0 radical (unpaired) electrons. The molecule has 2 atom stereocenters. The molecule has 1 aliphatic carbocycles. The summed E-state index contributed by atoms with van der Waals surface area (Å²) in [5, 5.41) is -0.657. The van der Waals surface area contributed by atoms with Gasteiger partial charge >= 0.3 is 0 Å². The van der Waals surface area contributed by atoms with E-state index in [4.69, 9.17) is 11.6 Å². The minimum absolute atomic E-state index is 0.241. The smallest absolute Gasteiger partial charge is 0.182 e. The first-order valence-electron chi connectivity index (χ1n) is 5.96. The minimum atomic E-state index is -3.26. The highest BCUT2D eigenvalue weighted by atomic mass is 35.5. The van der Waals surface area contributed by atoms with Crippen LogP contribution >= 0.6 is 11.6 Å². The molecule has 0 aliphatic heterocycles. The number of benzene rings is 1. The van der Waals surface area contributed by atoms with Crippen LogP contribution in [-0.4, -0.2) is 19.0 Å². The van der Waals surface area contributed by atoms with Gasteiger partial charge in [-0.1, -0.05) is 30.5 Å². The number of hydrogen-bond acceptors (Lipinski definition) is 2. The van der Waals surface area contributed by atoms with Gasteiger partial charge in [0.15, 0.2) is 9.84 Å². The molecule has 0 spiro atoms. The molecule has 0 aromatic heterocycles. The maximum atomic E-state index is 12.4. The first-order chi connectivity index (χ1) is 8.01. The van der Waals surface area contributed by atoms with Gasteiger partial charge in [-0.3, -0.25) is 0 Å². The number of alkyl halides is 1. The zero-order valence-corrected chi connectivity index (χ0v) is 11.5. The average Bonchev–Trinajstić information content (AvgIpc) is 2.30. The summed E-state index contributed by atoms with van der Waals surface area (Å²) in [6.07, 6.45) is 3.48. The van der Waals surface area contributed by atoms with E-state index in [0.717, 1.165) is 24.8 Å². The maximum absolute atomic E-state index is 12.4. The van der Waals surface area contributed by atoms with E-state index < -0.39 is 15.1 Å². The van der Waals surface area contributed by atoms with Crippen molar-refractivity contribution in [3.63, 3.8) is 0 Å². The van der Waals surface area contributed by atoms with Crippen molar-refractivity contribution in [2.75, 3.05) is 0 Å². The van der Waals surface area contributed by atoms with Crippen LogP contribution in [-0.2, 0) is 9.84 Å². The lowest BCUT2D eigenvalue weighted by Crippen LogP contribution is -2.33. The van der Waals surface area contributed by atoms with Crippen molar-refractivity contribution in [2.24, 2.45) is 0 Å². The van der Waals surface area contributed by atoms with Crippen LogP contribution in [0.3, 0.4) is 0 Å². The maximum Gasteiger partial charge on any atom is 0.182 e. The zero-order chi connectivity index (χ0) is 12.5. The molecular weight excluding hydrogens is 256 g/mol. The Morgan fingerprint density at radius 2 is 1.71 bits per heavy atom. The molecule has 0 amide bonds. The second-order valence-electron chi connectivity index (χ2n) is 4.70. The molecule has 0 N–H and O–H groups in total. The molecule has 1 aromatic carbocycles. The molecule has 94 valence electrons. The van der Waals surface area contributed by atoms with E-state index in [0.29, 0.717) is 11.3 Å². The van der Waals surface area contributed by atoms with E-state index in [1.807, 2.05) is 19.1 Å². The minimum Gasteiger partial charge on any atom is -0.223 e. The zero-order valence-electron chi connectivity index (χ0n) is 9.90. The van der Waals surface area contributed by atoms with Crippen LogP contribution in [0.1, 0.15) is 31.2 Å². The van der Waals surface area contributed by atoms with Crippen LogP contribution in [0.4, 0.5) is 0 Å². The van der Waals surface area contributed by atoms with Gasteiger partial charge in [0.2, 0.25) is 0 Å². The van der Waals surface area contributed by atoms with E-state index in [2.05, 4.69) is 0 Å². The number of aryl methyl sites for hydroxylation is 1. The molecule has 1 fully saturated rings. The summed E-state index contributed by atoms with van der Waals surface area (Å²) in [5.74, 6) is 0. The van der Waals surface area contributed by atoms with Crippen LogP contribution in [0, 0.1) is 6.92 Å². The Labute approximate surface area is 108 Å². The third-order valence-electron chi connectivity index (χ3n) is 3.37.